The molecule has 1 amide bonds. The number of nitrogens with two attached hydrogens (primary N) is 1. The van der Waals surface area contributed by atoms with Gasteiger partial charge in [-0.15, -0.1) is 23.7 Å². The van der Waals surface area contributed by atoms with Gasteiger partial charge >= 0.3 is 0 Å². The molecule has 1 aromatic heterocycles. The normalized spacial score (nSPS) is 9.53. The summed E-state index contributed by atoms with van der Waals surface area (Å²) in [6.45, 7) is 4.43. The van der Waals surface area contributed by atoms with E-state index in [9.17, 15) is 4.79 Å². The molecule has 0 unspecified atom stereocenters. The Hall–Kier alpha value is -0.650. The van der Waals surface area contributed by atoms with Crippen LogP contribution in [0.3, 0.4) is 0 Å². The number of amides is 1. The van der Waals surface area contributed by atoms with Crippen molar-refractivity contribution in [3.05, 3.63) is 10.6 Å². The summed E-state index contributed by atoms with van der Waals surface area (Å²) in [5.41, 5.74) is 6.32. The zero-order valence-corrected chi connectivity index (χ0v) is 10.5. The van der Waals surface area contributed by atoms with Crippen LogP contribution < -0.4 is 11.1 Å². The summed E-state index contributed by atoms with van der Waals surface area (Å²) >= 11 is 1.51. The maximum atomic E-state index is 11.2. The number of carbonyl (C=O) groups excluding carboxylic acids is 1. The predicted molar refractivity (Wildman–Crippen MR) is 65.8 cm³/mol. The molecule has 1 aromatic rings. The molecule has 0 radical (unpaired) electrons. The second-order valence-electron chi connectivity index (χ2n) is 2.96. The average Bonchev–Trinajstić information content (AvgIpc) is 2.46. The number of halogens is 1. The molecule has 6 heteroatoms. The van der Waals surface area contributed by atoms with Crippen molar-refractivity contribution in [3.8, 4) is 0 Å². The number of nitrogens with zero attached hydrogens (tertiary/aromatic N) is 1. The Morgan fingerprint density at radius 2 is 2.27 bits per heavy atom. The van der Waals surface area contributed by atoms with Gasteiger partial charge < -0.3 is 11.1 Å². The fraction of sp³-hybridized carbons (Fsp3) is 0.556. The lowest BCUT2D eigenvalue weighted by Crippen LogP contribution is -2.15. The lowest BCUT2D eigenvalue weighted by molar-refractivity contribution is -0.116. The molecule has 3 N–H and O–H groups in total. The SMILES string of the molecule is CCc1nc(NC(=O)CCN)sc1C.Cl. The molecule has 0 aliphatic carbocycles. The van der Waals surface area contributed by atoms with Crippen LogP contribution >= 0.6 is 23.7 Å². The minimum absolute atomic E-state index is 0. The molecule has 0 saturated heterocycles. The molecule has 0 spiro atoms. The summed E-state index contributed by atoms with van der Waals surface area (Å²) in [5, 5.41) is 3.41. The lowest BCUT2D eigenvalue weighted by atomic mass is 10.3. The maximum absolute atomic E-state index is 11.2. The third-order valence-electron chi connectivity index (χ3n) is 1.85. The monoisotopic (exact) mass is 249 g/mol. The molecule has 0 aliphatic rings. The summed E-state index contributed by atoms with van der Waals surface area (Å²) in [5.74, 6) is -0.0658. The van der Waals surface area contributed by atoms with Gasteiger partial charge in [0.1, 0.15) is 0 Å². The molecular formula is C9H16ClN3OS. The summed E-state index contributed by atoms with van der Waals surface area (Å²) in [6.07, 6.45) is 1.25. The summed E-state index contributed by atoms with van der Waals surface area (Å²) in [7, 11) is 0. The van der Waals surface area contributed by atoms with Crippen LogP contribution in [0.1, 0.15) is 23.9 Å². The number of aryl methyl sites for hydroxylation is 2. The third-order valence-corrected chi connectivity index (χ3v) is 2.77. The van der Waals surface area contributed by atoms with Gasteiger partial charge in [-0.3, -0.25) is 4.79 Å². The van der Waals surface area contributed by atoms with Gasteiger partial charge in [-0.2, -0.15) is 0 Å². The molecule has 0 fully saturated rings. The van der Waals surface area contributed by atoms with E-state index in [0.717, 1.165) is 17.0 Å². The van der Waals surface area contributed by atoms with E-state index in [2.05, 4.69) is 10.3 Å². The average molecular weight is 250 g/mol. The van der Waals surface area contributed by atoms with Crippen LogP contribution in [-0.4, -0.2) is 17.4 Å². The molecule has 0 aromatic carbocycles. The number of aromatic nitrogens is 1. The van der Waals surface area contributed by atoms with E-state index in [0.29, 0.717) is 18.1 Å². The highest BCUT2D eigenvalue weighted by Gasteiger charge is 2.08. The molecule has 4 nitrogen and oxygen atoms in total. The number of hydrogen-bond donors (Lipinski definition) is 2. The van der Waals surface area contributed by atoms with Gasteiger partial charge in [0.15, 0.2) is 5.13 Å². The van der Waals surface area contributed by atoms with Crippen molar-refractivity contribution in [2.24, 2.45) is 5.73 Å². The fourth-order valence-corrected chi connectivity index (χ4v) is 2.04. The minimum atomic E-state index is -0.0658. The number of rotatable bonds is 4. The Morgan fingerprint density at radius 3 is 2.73 bits per heavy atom. The van der Waals surface area contributed by atoms with Crippen molar-refractivity contribution in [2.45, 2.75) is 26.7 Å². The van der Waals surface area contributed by atoms with Crippen molar-refractivity contribution in [3.63, 3.8) is 0 Å². The first-order chi connectivity index (χ1) is 6.67. The predicted octanol–water partition coefficient (Wildman–Crippen LogP) is 1.72. The lowest BCUT2D eigenvalue weighted by Gasteiger charge is -1.97. The van der Waals surface area contributed by atoms with E-state index in [1.807, 2.05) is 13.8 Å². The van der Waals surface area contributed by atoms with E-state index in [-0.39, 0.29) is 18.3 Å². The summed E-state index contributed by atoms with van der Waals surface area (Å²) in [4.78, 5) is 16.7. The zero-order valence-electron chi connectivity index (χ0n) is 8.87. The van der Waals surface area contributed by atoms with Crippen molar-refractivity contribution >= 4 is 34.8 Å². The molecule has 0 bridgehead atoms. The van der Waals surface area contributed by atoms with Gasteiger partial charge in [0.05, 0.1) is 5.69 Å². The molecule has 0 saturated carbocycles. The van der Waals surface area contributed by atoms with Gasteiger partial charge in [0.25, 0.3) is 0 Å². The number of carbonyl (C=O) groups is 1. The topological polar surface area (TPSA) is 68.0 Å². The molecule has 1 heterocycles. The molecule has 0 atom stereocenters. The van der Waals surface area contributed by atoms with E-state index in [1.165, 1.54) is 11.3 Å². The van der Waals surface area contributed by atoms with E-state index < -0.39 is 0 Å². The molecular weight excluding hydrogens is 234 g/mol. The zero-order chi connectivity index (χ0) is 10.6. The largest absolute Gasteiger partial charge is 0.330 e. The number of thiazole rings is 1. The van der Waals surface area contributed by atoms with Crippen molar-refractivity contribution in [1.82, 2.24) is 4.98 Å². The van der Waals surface area contributed by atoms with Crippen LogP contribution in [0.25, 0.3) is 0 Å². The summed E-state index contributed by atoms with van der Waals surface area (Å²) < 4.78 is 0. The second-order valence-corrected chi connectivity index (χ2v) is 4.17. The highest BCUT2D eigenvalue weighted by Crippen LogP contribution is 2.22. The first kappa shape index (κ1) is 14.3. The standard InChI is InChI=1S/C9H15N3OS.ClH/c1-3-7-6(2)14-9(11-7)12-8(13)4-5-10;/h3-5,10H2,1-2H3,(H,11,12,13);1H. The number of nitrogens with one attached hydrogen (secondary N) is 1. The van der Waals surface area contributed by atoms with Crippen LogP contribution in [0.4, 0.5) is 5.13 Å². The van der Waals surface area contributed by atoms with Crippen molar-refractivity contribution < 1.29 is 4.79 Å². The second kappa shape index (κ2) is 6.76. The summed E-state index contributed by atoms with van der Waals surface area (Å²) in [6, 6.07) is 0. The van der Waals surface area contributed by atoms with Gasteiger partial charge in [-0.25, -0.2) is 4.98 Å². The highest BCUT2D eigenvalue weighted by atomic mass is 35.5. The van der Waals surface area contributed by atoms with Crippen LogP contribution in [0, 0.1) is 6.92 Å². The smallest absolute Gasteiger partial charge is 0.227 e. The molecule has 86 valence electrons. The Bertz CT molecular complexity index is 327. The first-order valence-electron chi connectivity index (χ1n) is 4.63. The van der Waals surface area contributed by atoms with Crippen molar-refractivity contribution in [2.75, 3.05) is 11.9 Å². The molecule has 15 heavy (non-hydrogen) atoms. The Labute approximate surface area is 99.7 Å². The molecule has 0 aliphatic heterocycles. The Balaban J connectivity index is 0.00000196. The number of hydrogen-bond acceptors (Lipinski definition) is 4. The Kier molecular flexibility index (Phi) is 6.47. The van der Waals surface area contributed by atoms with E-state index in [1.54, 1.807) is 0 Å². The van der Waals surface area contributed by atoms with Crippen LogP contribution in [0.15, 0.2) is 0 Å². The fourth-order valence-electron chi connectivity index (χ4n) is 1.12. The number of anilines is 1. The maximum Gasteiger partial charge on any atom is 0.227 e. The van der Waals surface area contributed by atoms with Gasteiger partial charge in [-0.1, -0.05) is 6.92 Å². The third kappa shape index (κ3) is 4.15. The van der Waals surface area contributed by atoms with Crippen LogP contribution in [0.5, 0.6) is 0 Å². The first-order valence-corrected chi connectivity index (χ1v) is 5.45. The quantitative estimate of drug-likeness (QED) is 0.854. The van der Waals surface area contributed by atoms with Crippen LogP contribution in [-0.2, 0) is 11.2 Å². The van der Waals surface area contributed by atoms with Gasteiger partial charge in [0, 0.05) is 17.8 Å². The van der Waals surface area contributed by atoms with Crippen LogP contribution in [0.2, 0.25) is 0 Å². The van der Waals surface area contributed by atoms with E-state index in [4.69, 9.17) is 5.73 Å². The highest BCUT2D eigenvalue weighted by molar-refractivity contribution is 7.15. The van der Waals surface area contributed by atoms with E-state index >= 15 is 0 Å². The van der Waals surface area contributed by atoms with Crippen molar-refractivity contribution in [1.29, 1.82) is 0 Å². The van der Waals surface area contributed by atoms with Gasteiger partial charge in [0.2, 0.25) is 5.91 Å². The Morgan fingerprint density at radius 1 is 1.60 bits per heavy atom. The minimum Gasteiger partial charge on any atom is -0.330 e. The molecule has 1 rings (SSSR count). The van der Waals surface area contributed by atoms with Gasteiger partial charge in [-0.05, 0) is 13.3 Å².